The monoisotopic (exact) mass is 432 g/mol. The topological polar surface area (TPSA) is 111 Å². The van der Waals surface area contributed by atoms with Crippen molar-refractivity contribution in [2.45, 2.75) is 37.8 Å². The maximum Gasteiger partial charge on any atom is 0.249 e. The Bertz CT molecular complexity index is 1080. The van der Waals surface area contributed by atoms with Gasteiger partial charge >= 0.3 is 0 Å². The molecule has 2 atom stereocenters. The van der Waals surface area contributed by atoms with Crippen molar-refractivity contribution < 1.29 is 22.5 Å². The van der Waals surface area contributed by atoms with E-state index in [4.69, 9.17) is 10.3 Å². The highest BCUT2D eigenvalue weighted by Crippen LogP contribution is 2.32. The summed E-state index contributed by atoms with van der Waals surface area (Å²) >= 11 is 0. The number of carbonyl (C=O) groups excluding carboxylic acids is 1. The predicted molar refractivity (Wildman–Crippen MR) is 102 cm³/mol. The molecule has 31 heavy (non-hydrogen) atoms. The molecule has 1 amide bonds. The zero-order valence-electron chi connectivity index (χ0n) is 16.3. The van der Waals surface area contributed by atoms with Crippen LogP contribution in [-0.4, -0.2) is 43.5 Å². The second-order valence-corrected chi connectivity index (χ2v) is 7.30. The fourth-order valence-corrected chi connectivity index (χ4v) is 3.61. The summed E-state index contributed by atoms with van der Waals surface area (Å²) in [6, 6.07) is 1.71. The first-order valence-corrected chi connectivity index (χ1v) is 9.72. The summed E-state index contributed by atoms with van der Waals surface area (Å²) in [6.45, 7) is 0.481. The Labute approximate surface area is 175 Å². The quantitative estimate of drug-likeness (QED) is 0.596. The number of rotatable bonds is 6. The second-order valence-electron chi connectivity index (χ2n) is 7.30. The number of aromatic nitrogens is 4. The van der Waals surface area contributed by atoms with Crippen LogP contribution in [0.1, 0.15) is 36.8 Å². The van der Waals surface area contributed by atoms with Crippen LogP contribution in [0, 0.1) is 17.5 Å². The standard InChI is InChI=1S/C20H19F3N6O2/c21-13-10-15(23)14(22)8-11(13)7-12(24)9-17(30)29-6-1-3-16(29)20-27-19(28-31-20)18-25-4-2-5-26-18/h2,4-5,8,10,12,16H,1,3,6-7,9,24H2/t12?,16-/m0/s1. The van der Waals surface area contributed by atoms with Crippen molar-refractivity contribution in [2.24, 2.45) is 5.73 Å². The average molecular weight is 432 g/mol. The van der Waals surface area contributed by atoms with E-state index < -0.39 is 29.5 Å². The molecule has 3 heterocycles. The van der Waals surface area contributed by atoms with Crippen molar-refractivity contribution in [3.63, 3.8) is 0 Å². The molecule has 162 valence electrons. The molecule has 8 nitrogen and oxygen atoms in total. The molecule has 3 aromatic rings. The summed E-state index contributed by atoms with van der Waals surface area (Å²) < 4.78 is 45.7. The summed E-state index contributed by atoms with van der Waals surface area (Å²) in [7, 11) is 0. The molecule has 2 aromatic heterocycles. The second kappa shape index (κ2) is 8.80. The lowest BCUT2D eigenvalue weighted by Crippen LogP contribution is -2.36. The molecule has 0 bridgehead atoms. The predicted octanol–water partition coefficient (Wildman–Crippen LogP) is 2.57. The lowest BCUT2D eigenvalue weighted by molar-refractivity contribution is -0.132. The van der Waals surface area contributed by atoms with Gasteiger partial charge in [-0.3, -0.25) is 4.79 Å². The van der Waals surface area contributed by atoms with Gasteiger partial charge in [0.1, 0.15) is 11.9 Å². The van der Waals surface area contributed by atoms with E-state index >= 15 is 0 Å². The van der Waals surface area contributed by atoms with Crippen molar-refractivity contribution in [1.29, 1.82) is 0 Å². The molecule has 4 rings (SSSR count). The zero-order valence-corrected chi connectivity index (χ0v) is 16.3. The van der Waals surface area contributed by atoms with E-state index in [9.17, 15) is 18.0 Å². The highest BCUT2D eigenvalue weighted by molar-refractivity contribution is 5.77. The van der Waals surface area contributed by atoms with Crippen molar-refractivity contribution in [2.75, 3.05) is 6.54 Å². The highest BCUT2D eigenvalue weighted by Gasteiger charge is 2.34. The lowest BCUT2D eigenvalue weighted by atomic mass is 10.0. The third-order valence-corrected chi connectivity index (χ3v) is 5.07. The number of hydrogen-bond acceptors (Lipinski definition) is 7. The average Bonchev–Trinajstić information content (AvgIpc) is 3.42. The van der Waals surface area contributed by atoms with Gasteiger partial charge in [-0.2, -0.15) is 4.98 Å². The number of carbonyl (C=O) groups is 1. The van der Waals surface area contributed by atoms with Gasteiger partial charge in [0.2, 0.25) is 23.4 Å². The summed E-state index contributed by atoms with van der Waals surface area (Å²) in [6.07, 6.45) is 4.28. The van der Waals surface area contributed by atoms with Gasteiger partial charge in [-0.1, -0.05) is 5.16 Å². The molecule has 0 saturated carbocycles. The van der Waals surface area contributed by atoms with Crippen LogP contribution < -0.4 is 5.73 Å². The first-order valence-electron chi connectivity index (χ1n) is 9.72. The van der Waals surface area contributed by atoms with E-state index in [2.05, 4.69) is 20.1 Å². The molecule has 1 saturated heterocycles. The Balaban J connectivity index is 1.42. The maximum atomic E-state index is 13.9. The molecule has 1 fully saturated rings. The molecule has 0 aliphatic carbocycles. The van der Waals surface area contributed by atoms with Gasteiger partial charge in [0.05, 0.1) is 0 Å². The van der Waals surface area contributed by atoms with Crippen LogP contribution in [0.15, 0.2) is 35.1 Å². The molecule has 1 aromatic carbocycles. The van der Waals surface area contributed by atoms with E-state index in [0.717, 1.165) is 12.5 Å². The van der Waals surface area contributed by atoms with Crippen molar-refractivity contribution >= 4 is 5.91 Å². The summed E-state index contributed by atoms with van der Waals surface area (Å²) in [5.74, 6) is -2.80. The highest BCUT2D eigenvalue weighted by atomic mass is 19.2. The van der Waals surface area contributed by atoms with Crippen LogP contribution in [0.5, 0.6) is 0 Å². The van der Waals surface area contributed by atoms with Gasteiger partial charge in [0.25, 0.3) is 0 Å². The number of benzene rings is 1. The van der Waals surface area contributed by atoms with Crippen LogP contribution in [0.4, 0.5) is 13.2 Å². The molecule has 2 N–H and O–H groups in total. The fraction of sp³-hybridized carbons (Fsp3) is 0.350. The van der Waals surface area contributed by atoms with E-state index in [-0.39, 0.29) is 36.0 Å². The van der Waals surface area contributed by atoms with Gasteiger partial charge in [-0.15, -0.1) is 0 Å². The van der Waals surface area contributed by atoms with Crippen LogP contribution >= 0.6 is 0 Å². The minimum Gasteiger partial charge on any atom is -0.337 e. The third-order valence-electron chi connectivity index (χ3n) is 5.07. The van der Waals surface area contributed by atoms with Gasteiger partial charge in [-0.05, 0) is 37.0 Å². The van der Waals surface area contributed by atoms with Gasteiger partial charge < -0.3 is 15.2 Å². The summed E-state index contributed by atoms with van der Waals surface area (Å²) in [5.41, 5.74) is 5.92. The third kappa shape index (κ3) is 4.55. The molecule has 1 aliphatic rings. The van der Waals surface area contributed by atoms with Gasteiger partial charge in [0.15, 0.2) is 11.6 Å². The Kier molecular flexibility index (Phi) is 5.94. The molecular formula is C20H19F3N6O2. The Morgan fingerprint density at radius 1 is 1.16 bits per heavy atom. The van der Waals surface area contributed by atoms with Gasteiger partial charge in [0, 0.05) is 37.5 Å². The van der Waals surface area contributed by atoms with Crippen molar-refractivity contribution in [3.05, 3.63) is 59.5 Å². The number of hydrogen-bond donors (Lipinski definition) is 1. The number of halogens is 3. The van der Waals surface area contributed by atoms with Gasteiger partial charge in [-0.25, -0.2) is 23.1 Å². The summed E-state index contributed by atoms with van der Waals surface area (Å²) in [5, 5.41) is 3.89. The van der Waals surface area contributed by atoms with Crippen LogP contribution in [-0.2, 0) is 11.2 Å². The lowest BCUT2D eigenvalue weighted by Gasteiger charge is -2.23. The zero-order chi connectivity index (χ0) is 22.0. The maximum absolute atomic E-state index is 13.9. The SMILES string of the molecule is NC(CC(=O)N1CCC[C@H]1c1nc(-c2ncccn2)no1)Cc1cc(F)c(F)cc1F. The molecule has 0 spiro atoms. The number of nitrogens with zero attached hydrogens (tertiary/aromatic N) is 5. The first-order chi connectivity index (χ1) is 14.9. The Hall–Kier alpha value is -3.34. The number of nitrogens with two attached hydrogens (primary N) is 1. The number of amides is 1. The largest absolute Gasteiger partial charge is 0.337 e. The normalized spacial score (nSPS) is 17.2. The fourth-order valence-electron chi connectivity index (χ4n) is 3.61. The van der Waals surface area contributed by atoms with Crippen molar-refractivity contribution in [1.82, 2.24) is 25.0 Å². The minimum atomic E-state index is -1.27. The minimum absolute atomic E-state index is 0.0819. The molecule has 1 aliphatic heterocycles. The smallest absolute Gasteiger partial charge is 0.249 e. The number of likely N-dealkylation sites (tertiary alicyclic amines) is 1. The summed E-state index contributed by atoms with van der Waals surface area (Å²) in [4.78, 5) is 26.9. The van der Waals surface area contributed by atoms with Crippen molar-refractivity contribution in [3.8, 4) is 11.6 Å². The molecule has 11 heteroatoms. The van der Waals surface area contributed by atoms with Crippen LogP contribution in [0.2, 0.25) is 0 Å². The van der Waals surface area contributed by atoms with E-state index in [1.54, 1.807) is 23.4 Å². The van der Waals surface area contributed by atoms with Crippen LogP contribution in [0.25, 0.3) is 11.6 Å². The van der Waals surface area contributed by atoms with E-state index in [1.165, 1.54) is 0 Å². The van der Waals surface area contributed by atoms with E-state index in [1.807, 2.05) is 0 Å². The first kappa shape index (κ1) is 20.9. The molecule has 0 radical (unpaired) electrons. The Morgan fingerprint density at radius 2 is 1.90 bits per heavy atom. The Morgan fingerprint density at radius 3 is 2.68 bits per heavy atom. The molecular weight excluding hydrogens is 413 g/mol. The molecule has 1 unspecified atom stereocenters. The van der Waals surface area contributed by atoms with Crippen LogP contribution in [0.3, 0.4) is 0 Å². The van der Waals surface area contributed by atoms with E-state index in [0.29, 0.717) is 24.9 Å².